The van der Waals surface area contributed by atoms with Crippen molar-refractivity contribution in [2.24, 2.45) is 0 Å². The summed E-state index contributed by atoms with van der Waals surface area (Å²) in [6.45, 7) is 0.827. The summed E-state index contributed by atoms with van der Waals surface area (Å²) in [4.78, 5) is 1.99. The number of nitrogens with zero attached hydrogens (tertiary/aromatic N) is 1. The Morgan fingerprint density at radius 2 is 2.09 bits per heavy atom. The van der Waals surface area contributed by atoms with Gasteiger partial charge >= 0.3 is 0 Å². The molecule has 0 bridgehead atoms. The molecule has 0 saturated carbocycles. The molecule has 2 N–H and O–H groups in total. The molecule has 0 atom stereocenters. The van der Waals surface area contributed by atoms with E-state index in [4.69, 9.17) is 29.2 Å². The van der Waals surface area contributed by atoms with Crippen LogP contribution in [0.4, 0.5) is 11.4 Å². The van der Waals surface area contributed by atoms with Gasteiger partial charge in [-0.25, -0.2) is 0 Å². The minimum atomic E-state index is 0.329. The van der Waals surface area contributed by atoms with Gasteiger partial charge in [0.1, 0.15) is 0 Å². The molecule has 0 fully saturated rings. The lowest BCUT2D eigenvalue weighted by molar-refractivity contribution is 0.775. The maximum Gasteiger partial charge on any atom is 0.200 e. The molecular formula is C17H16ClN3S. The summed E-state index contributed by atoms with van der Waals surface area (Å²) in [6.07, 6.45) is 2.09. The largest absolute Gasteiger partial charge is 0.325 e. The van der Waals surface area contributed by atoms with Crippen LogP contribution in [-0.4, -0.2) is 17.9 Å². The second-order valence-corrected chi connectivity index (χ2v) is 5.86. The molecule has 0 saturated heterocycles. The fourth-order valence-electron chi connectivity index (χ4n) is 2.67. The summed E-state index contributed by atoms with van der Waals surface area (Å²) in [5.41, 5.74) is 3.97. The molecule has 2 aromatic carbocycles. The fraction of sp³-hybridized carbons (Fsp3) is 0.176. The molecule has 0 aliphatic carbocycles. The van der Waals surface area contributed by atoms with Gasteiger partial charge in [0.05, 0.1) is 10.7 Å². The van der Waals surface area contributed by atoms with Crippen molar-refractivity contribution in [2.75, 3.05) is 16.8 Å². The lowest BCUT2D eigenvalue weighted by Crippen LogP contribution is -2.39. The average Bonchev–Trinajstić information content (AvgIpc) is 2.56. The molecule has 3 rings (SSSR count). The third-order valence-electron chi connectivity index (χ3n) is 3.76. The van der Waals surface area contributed by atoms with Crippen LogP contribution >= 0.6 is 23.8 Å². The number of fused-ring (bicyclic) bond motifs is 1. The van der Waals surface area contributed by atoms with Crippen LogP contribution in [0, 0.1) is 5.41 Å². The molecule has 112 valence electrons. The van der Waals surface area contributed by atoms with Crippen molar-refractivity contribution >= 4 is 46.5 Å². The van der Waals surface area contributed by atoms with Crippen LogP contribution < -0.4 is 10.2 Å². The smallest absolute Gasteiger partial charge is 0.200 e. The van der Waals surface area contributed by atoms with Crippen molar-refractivity contribution < 1.29 is 0 Å². The fourth-order valence-corrected chi connectivity index (χ4v) is 2.98. The van der Waals surface area contributed by atoms with Gasteiger partial charge in [-0.1, -0.05) is 48.1 Å². The Labute approximate surface area is 140 Å². The number of halogens is 1. The van der Waals surface area contributed by atoms with E-state index in [0.29, 0.717) is 16.7 Å². The van der Waals surface area contributed by atoms with E-state index in [-0.39, 0.29) is 0 Å². The maximum absolute atomic E-state index is 8.40. The summed E-state index contributed by atoms with van der Waals surface area (Å²) in [6, 6.07) is 13.7. The summed E-state index contributed by atoms with van der Waals surface area (Å²) in [7, 11) is 0. The SMILES string of the molecule is N=C(Nc1cc(C=S)ccc1Cl)N1CCCc2ccccc21. The lowest BCUT2D eigenvalue weighted by Gasteiger charge is -2.31. The summed E-state index contributed by atoms with van der Waals surface area (Å²) >= 11 is 11.2. The Balaban J connectivity index is 1.86. The molecule has 2 aromatic rings. The first-order valence-electron chi connectivity index (χ1n) is 7.15. The standard InChI is InChI=1S/C17H16ClN3S/c18-14-8-7-12(11-22)10-15(14)20-17(19)21-9-3-5-13-4-1-2-6-16(13)21/h1-2,4,6-8,10-11H,3,5,9H2,(H2,19,20). The van der Waals surface area contributed by atoms with E-state index >= 15 is 0 Å². The Bertz CT molecular complexity index is 730. The Morgan fingerprint density at radius 1 is 1.27 bits per heavy atom. The third-order valence-corrected chi connectivity index (χ3v) is 4.36. The molecule has 1 aliphatic heterocycles. The van der Waals surface area contributed by atoms with Crippen LogP contribution in [0.15, 0.2) is 42.5 Å². The van der Waals surface area contributed by atoms with E-state index in [9.17, 15) is 0 Å². The summed E-state index contributed by atoms with van der Waals surface area (Å²) in [5.74, 6) is 0.329. The maximum atomic E-state index is 8.40. The topological polar surface area (TPSA) is 39.1 Å². The molecule has 5 heteroatoms. The normalized spacial score (nSPS) is 13.4. The molecule has 1 heterocycles. The molecule has 0 unspecified atom stereocenters. The van der Waals surface area contributed by atoms with Crippen molar-refractivity contribution in [1.29, 1.82) is 5.41 Å². The molecular weight excluding hydrogens is 314 g/mol. The molecule has 0 amide bonds. The van der Waals surface area contributed by atoms with Gasteiger partial charge in [0.25, 0.3) is 0 Å². The molecule has 1 aliphatic rings. The van der Waals surface area contributed by atoms with Crippen LogP contribution in [0.5, 0.6) is 0 Å². The zero-order valence-corrected chi connectivity index (χ0v) is 13.5. The second-order valence-electron chi connectivity index (χ2n) is 5.21. The Kier molecular flexibility index (Phi) is 4.41. The van der Waals surface area contributed by atoms with Crippen molar-refractivity contribution in [3.63, 3.8) is 0 Å². The number of hydrogen-bond acceptors (Lipinski definition) is 2. The van der Waals surface area contributed by atoms with Gasteiger partial charge in [-0.05, 0) is 42.2 Å². The highest BCUT2D eigenvalue weighted by molar-refractivity contribution is 7.79. The highest BCUT2D eigenvalue weighted by Gasteiger charge is 2.20. The van der Waals surface area contributed by atoms with Crippen molar-refractivity contribution in [3.05, 3.63) is 58.6 Å². The van der Waals surface area contributed by atoms with E-state index in [1.54, 1.807) is 11.4 Å². The van der Waals surface area contributed by atoms with Crippen LogP contribution in [0.1, 0.15) is 17.5 Å². The molecule has 0 spiro atoms. The molecule has 0 radical (unpaired) electrons. The predicted octanol–water partition coefficient (Wildman–Crippen LogP) is 4.49. The van der Waals surface area contributed by atoms with E-state index in [2.05, 4.69) is 17.4 Å². The number of hydrogen-bond donors (Lipinski definition) is 2. The highest BCUT2D eigenvalue weighted by Crippen LogP contribution is 2.28. The molecule has 22 heavy (non-hydrogen) atoms. The van der Waals surface area contributed by atoms with Gasteiger partial charge in [0.15, 0.2) is 5.96 Å². The third kappa shape index (κ3) is 2.98. The minimum Gasteiger partial charge on any atom is -0.325 e. The minimum absolute atomic E-state index is 0.329. The van der Waals surface area contributed by atoms with Gasteiger partial charge < -0.3 is 10.2 Å². The van der Waals surface area contributed by atoms with Crippen molar-refractivity contribution in [2.45, 2.75) is 12.8 Å². The van der Waals surface area contributed by atoms with Crippen LogP contribution in [0.25, 0.3) is 0 Å². The van der Waals surface area contributed by atoms with E-state index in [1.807, 2.05) is 29.2 Å². The Morgan fingerprint density at radius 3 is 2.91 bits per heavy atom. The second kappa shape index (κ2) is 6.46. The summed E-state index contributed by atoms with van der Waals surface area (Å²) < 4.78 is 0. The number of anilines is 2. The van der Waals surface area contributed by atoms with Crippen molar-refractivity contribution in [1.82, 2.24) is 0 Å². The lowest BCUT2D eigenvalue weighted by atomic mass is 10.0. The number of rotatable bonds is 2. The van der Waals surface area contributed by atoms with Crippen LogP contribution in [-0.2, 0) is 6.42 Å². The first kappa shape index (κ1) is 15.0. The molecule has 0 aromatic heterocycles. The van der Waals surface area contributed by atoms with Gasteiger partial charge in [0.2, 0.25) is 0 Å². The molecule has 3 nitrogen and oxygen atoms in total. The van der Waals surface area contributed by atoms with E-state index in [1.165, 1.54) is 5.56 Å². The quantitative estimate of drug-likeness (QED) is 0.484. The number of thiocarbonyl (C=S) groups is 1. The Hall–Kier alpha value is -1.91. The number of guanidine groups is 1. The first-order chi connectivity index (χ1) is 10.7. The highest BCUT2D eigenvalue weighted by atomic mass is 35.5. The van der Waals surface area contributed by atoms with Crippen LogP contribution in [0.2, 0.25) is 5.02 Å². The zero-order chi connectivity index (χ0) is 15.5. The van der Waals surface area contributed by atoms with Gasteiger partial charge in [-0.3, -0.25) is 5.41 Å². The average molecular weight is 330 g/mol. The van der Waals surface area contributed by atoms with Crippen LogP contribution in [0.3, 0.4) is 0 Å². The van der Waals surface area contributed by atoms with Gasteiger partial charge in [0, 0.05) is 17.6 Å². The van der Waals surface area contributed by atoms with E-state index in [0.717, 1.165) is 30.6 Å². The summed E-state index contributed by atoms with van der Waals surface area (Å²) in [5, 5.41) is 13.7. The predicted molar refractivity (Wildman–Crippen MR) is 97.7 cm³/mol. The zero-order valence-electron chi connectivity index (χ0n) is 12.0. The van der Waals surface area contributed by atoms with E-state index < -0.39 is 0 Å². The number of aryl methyl sites for hydroxylation is 1. The number of para-hydroxylation sites is 1. The van der Waals surface area contributed by atoms with Gasteiger partial charge in [-0.2, -0.15) is 0 Å². The number of benzene rings is 2. The monoisotopic (exact) mass is 329 g/mol. The van der Waals surface area contributed by atoms with Crippen molar-refractivity contribution in [3.8, 4) is 0 Å². The number of nitrogens with one attached hydrogen (secondary N) is 2. The van der Waals surface area contributed by atoms with Gasteiger partial charge in [-0.15, -0.1) is 0 Å². The first-order valence-corrected chi connectivity index (χ1v) is 8.00.